The van der Waals surface area contributed by atoms with Crippen LogP contribution in [0.15, 0.2) is 16.6 Å². The van der Waals surface area contributed by atoms with E-state index in [-0.39, 0.29) is 21.8 Å². The Kier molecular flexibility index (Phi) is 5.26. The van der Waals surface area contributed by atoms with Crippen molar-refractivity contribution in [1.29, 1.82) is 0 Å². The van der Waals surface area contributed by atoms with Crippen LogP contribution in [0.4, 0.5) is 18.9 Å². The average molecular weight is 422 g/mol. The number of ether oxygens (including phenoxy) is 1. The summed E-state index contributed by atoms with van der Waals surface area (Å²) >= 11 is 3.11. The van der Waals surface area contributed by atoms with Crippen molar-refractivity contribution >= 4 is 27.5 Å². The van der Waals surface area contributed by atoms with Gasteiger partial charge >= 0.3 is 6.18 Å². The largest absolute Gasteiger partial charge is 0.418 e. The third-order valence-electron chi connectivity index (χ3n) is 4.45. The molecule has 3 rings (SSSR count). The summed E-state index contributed by atoms with van der Waals surface area (Å²) in [5, 5.41) is 0. The van der Waals surface area contributed by atoms with Gasteiger partial charge in [0.15, 0.2) is 0 Å². The second-order valence-corrected chi connectivity index (χ2v) is 7.16. The standard InChI is InChI=1S/C16H19BrF3N3O2/c17-10-7-12(15(24)22-3-5-25-6-4-22)14(13(8-10)16(18,19)20)23-2-1-11(21)9-23/h7-8,11H,1-6,9,21H2. The van der Waals surface area contributed by atoms with E-state index in [0.717, 1.165) is 6.07 Å². The molecule has 2 saturated heterocycles. The van der Waals surface area contributed by atoms with Crippen LogP contribution in [0.5, 0.6) is 0 Å². The number of alkyl halides is 3. The number of hydrogen-bond acceptors (Lipinski definition) is 4. The van der Waals surface area contributed by atoms with Gasteiger partial charge in [-0.2, -0.15) is 13.2 Å². The molecule has 0 bridgehead atoms. The third-order valence-corrected chi connectivity index (χ3v) is 4.91. The SMILES string of the molecule is NC1CCN(c2c(C(=O)N3CCOCC3)cc(Br)cc2C(F)(F)F)C1. The molecule has 1 aromatic rings. The van der Waals surface area contributed by atoms with E-state index in [2.05, 4.69) is 15.9 Å². The molecule has 0 radical (unpaired) electrons. The van der Waals surface area contributed by atoms with Crippen LogP contribution in [0.2, 0.25) is 0 Å². The molecule has 2 heterocycles. The first-order valence-electron chi connectivity index (χ1n) is 8.05. The van der Waals surface area contributed by atoms with Crippen LogP contribution < -0.4 is 10.6 Å². The van der Waals surface area contributed by atoms with Gasteiger partial charge in [-0.05, 0) is 18.6 Å². The van der Waals surface area contributed by atoms with Gasteiger partial charge in [-0.1, -0.05) is 15.9 Å². The fourth-order valence-electron chi connectivity index (χ4n) is 3.25. The maximum Gasteiger partial charge on any atom is 0.418 e. The summed E-state index contributed by atoms with van der Waals surface area (Å²) < 4.78 is 46.4. The molecule has 2 N–H and O–H groups in total. The molecule has 138 valence electrons. The van der Waals surface area contributed by atoms with Crippen LogP contribution in [0.3, 0.4) is 0 Å². The Bertz CT molecular complexity index is 663. The van der Waals surface area contributed by atoms with Crippen LogP contribution in [0.25, 0.3) is 0 Å². The maximum atomic E-state index is 13.6. The molecule has 5 nitrogen and oxygen atoms in total. The fourth-order valence-corrected chi connectivity index (χ4v) is 3.70. The van der Waals surface area contributed by atoms with E-state index in [1.807, 2.05) is 0 Å². The Balaban J connectivity index is 2.09. The van der Waals surface area contributed by atoms with Crippen molar-refractivity contribution < 1.29 is 22.7 Å². The molecule has 9 heteroatoms. The number of halogens is 4. The topological polar surface area (TPSA) is 58.8 Å². The molecule has 1 atom stereocenters. The van der Waals surface area contributed by atoms with E-state index in [0.29, 0.717) is 45.8 Å². The van der Waals surface area contributed by atoms with Gasteiger partial charge in [0.2, 0.25) is 0 Å². The highest BCUT2D eigenvalue weighted by Crippen LogP contribution is 2.42. The highest BCUT2D eigenvalue weighted by Gasteiger charge is 2.39. The molecule has 1 amide bonds. The Morgan fingerprint density at radius 2 is 1.92 bits per heavy atom. The Morgan fingerprint density at radius 1 is 1.24 bits per heavy atom. The lowest BCUT2D eigenvalue weighted by Crippen LogP contribution is -2.41. The summed E-state index contributed by atoms with van der Waals surface area (Å²) in [7, 11) is 0. The number of carbonyl (C=O) groups is 1. The molecule has 1 unspecified atom stereocenters. The summed E-state index contributed by atoms with van der Waals surface area (Å²) in [6, 6.07) is 2.29. The van der Waals surface area contributed by atoms with Crippen molar-refractivity contribution in [1.82, 2.24) is 4.90 Å². The number of nitrogens with zero attached hydrogens (tertiary/aromatic N) is 2. The van der Waals surface area contributed by atoms with Crippen molar-refractivity contribution in [3.8, 4) is 0 Å². The third kappa shape index (κ3) is 3.93. The number of morpholine rings is 1. The average Bonchev–Trinajstić information content (AvgIpc) is 2.99. The highest BCUT2D eigenvalue weighted by molar-refractivity contribution is 9.10. The van der Waals surface area contributed by atoms with Gasteiger partial charge < -0.3 is 20.3 Å². The molecule has 0 saturated carbocycles. The van der Waals surface area contributed by atoms with E-state index >= 15 is 0 Å². The number of nitrogens with two attached hydrogens (primary N) is 1. The number of amides is 1. The summed E-state index contributed by atoms with van der Waals surface area (Å²) in [4.78, 5) is 16.0. The summed E-state index contributed by atoms with van der Waals surface area (Å²) in [6.07, 6.45) is -3.97. The first-order valence-corrected chi connectivity index (χ1v) is 8.85. The maximum absolute atomic E-state index is 13.6. The van der Waals surface area contributed by atoms with E-state index in [1.54, 1.807) is 4.90 Å². The lowest BCUT2D eigenvalue weighted by Gasteiger charge is -2.31. The van der Waals surface area contributed by atoms with Crippen LogP contribution in [-0.2, 0) is 10.9 Å². The van der Waals surface area contributed by atoms with Gasteiger partial charge in [-0.3, -0.25) is 4.79 Å². The minimum Gasteiger partial charge on any atom is -0.378 e. The zero-order chi connectivity index (χ0) is 18.2. The number of carbonyl (C=O) groups excluding carboxylic acids is 1. The Hall–Kier alpha value is -1.32. The smallest absolute Gasteiger partial charge is 0.378 e. The zero-order valence-electron chi connectivity index (χ0n) is 13.5. The zero-order valence-corrected chi connectivity index (χ0v) is 15.1. The van der Waals surface area contributed by atoms with Gasteiger partial charge in [-0.25, -0.2) is 0 Å². The van der Waals surface area contributed by atoms with Crippen molar-refractivity contribution in [3.05, 3.63) is 27.7 Å². The van der Waals surface area contributed by atoms with Gasteiger partial charge in [0, 0.05) is 36.7 Å². The second-order valence-electron chi connectivity index (χ2n) is 6.25. The molecule has 2 aliphatic rings. The monoisotopic (exact) mass is 421 g/mol. The predicted molar refractivity (Wildman–Crippen MR) is 90.7 cm³/mol. The van der Waals surface area contributed by atoms with Crippen molar-refractivity contribution in [2.24, 2.45) is 5.73 Å². The molecule has 1 aromatic carbocycles. The molecule has 0 spiro atoms. The molecular formula is C16H19BrF3N3O2. The first kappa shape index (κ1) is 18.5. The predicted octanol–water partition coefficient (Wildman–Crippen LogP) is 2.48. The fraction of sp³-hybridized carbons (Fsp3) is 0.562. The van der Waals surface area contributed by atoms with Gasteiger partial charge in [0.1, 0.15) is 0 Å². The summed E-state index contributed by atoms with van der Waals surface area (Å²) in [5.74, 6) is -0.412. The van der Waals surface area contributed by atoms with Gasteiger partial charge in [0.25, 0.3) is 5.91 Å². The minimum atomic E-state index is -4.56. The molecular weight excluding hydrogens is 403 g/mol. The van der Waals surface area contributed by atoms with Gasteiger partial charge in [0.05, 0.1) is 30.0 Å². The quantitative estimate of drug-likeness (QED) is 0.796. The Labute approximate surface area is 152 Å². The van der Waals surface area contributed by atoms with Crippen molar-refractivity contribution in [3.63, 3.8) is 0 Å². The van der Waals surface area contributed by atoms with Crippen LogP contribution in [0, 0.1) is 0 Å². The van der Waals surface area contributed by atoms with E-state index < -0.39 is 17.6 Å². The highest BCUT2D eigenvalue weighted by atomic mass is 79.9. The van der Waals surface area contributed by atoms with Crippen molar-refractivity contribution in [2.75, 3.05) is 44.3 Å². The molecule has 0 aliphatic carbocycles. The second kappa shape index (κ2) is 7.13. The molecule has 25 heavy (non-hydrogen) atoms. The van der Waals surface area contributed by atoms with Crippen LogP contribution in [0.1, 0.15) is 22.3 Å². The number of benzene rings is 1. The van der Waals surface area contributed by atoms with Crippen molar-refractivity contribution in [2.45, 2.75) is 18.6 Å². The molecule has 2 aliphatic heterocycles. The lowest BCUT2D eigenvalue weighted by atomic mass is 10.0. The van der Waals surface area contributed by atoms with E-state index in [1.165, 1.54) is 11.0 Å². The number of rotatable bonds is 2. The first-order chi connectivity index (χ1) is 11.8. The summed E-state index contributed by atoms with van der Waals surface area (Å²) in [5.41, 5.74) is 5.05. The molecule has 0 aromatic heterocycles. The normalized spacial score (nSPS) is 21.7. The summed E-state index contributed by atoms with van der Waals surface area (Å²) in [6.45, 7) is 2.20. The number of hydrogen-bond donors (Lipinski definition) is 1. The van der Waals surface area contributed by atoms with Crippen LogP contribution in [-0.4, -0.2) is 56.2 Å². The minimum absolute atomic E-state index is 0.0534. The molecule has 2 fully saturated rings. The lowest BCUT2D eigenvalue weighted by molar-refractivity contribution is -0.137. The van der Waals surface area contributed by atoms with E-state index in [4.69, 9.17) is 10.5 Å². The number of anilines is 1. The van der Waals surface area contributed by atoms with Crippen LogP contribution >= 0.6 is 15.9 Å². The van der Waals surface area contributed by atoms with Gasteiger partial charge in [-0.15, -0.1) is 0 Å². The Morgan fingerprint density at radius 3 is 2.48 bits per heavy atom. The van der Waals surface area contributed by atoms with E-state index in [9.17, 15) is 18.0 Å².